The lowest BCUT2D eigenvalue weighted by molar-refractivity contribution is -0.113. The fourth-order valence-electron chi connectivity index (χ4n) is 2.53. The normalized spacial score (nSPS) is 10.9. The highest BCUT2D eigenvalue weighted by Gasteiger charge is 2.11. The number of thioether (sulfide) groups is 1. The van der Waals surface area contributed by atoms with Gasteiger partial charge >= 0.3 is 0 Å². The van der Waals surface area contributed by atoms with Crippen molar-refractivity contribution in [3.05, 3.63) is 48.5 Å². The summed E-state index contributed by atoms with van der Waals surface area (Å²) < 4.78 is 6.48. The number of hydrogen-bond donors (Lipinski definition) is 2. The predicted octanol–water partition coefficient (Wildman–Crippen LogP) is 4.21. The summed E-state index contributed by atoms with van der Waals surface area (Å²) in [5, 5.41) is 11.0. The van der Waals surface area contributed by atoms with E-state index < -0.39 is 0 Å². The van der Waals surface area contributed by atoms with Crippen LogP contribution in [-0.2, 0) is 4.79 Å². The third-order valence-corrected chi connectivity index (χ3v) is 5.58. The maximum absolute atomic E-state index is 12.2. The van der Waals surface area contributed by atoms with Gasteiger partial charge in [-0.05, 0) is 43.3 Å². The molecule has 7 nitrogen and oxygen atoms in total. The first-order valence-electron chi connectivity index (χ1n) is 8.65. The quantitative estimate of drug-likeness (QED) is 0.443. The summed E-state index contributed by atoms with van der Waals surface area (Å²) in [4.78, 5) is 21.0. The molecule has 0 aliphatic rings. The Balaban J connectivity index is 1.34. The SMILES string of the molecule is CCOc1ccc(-c2nc(SCC(=O)Nc3nc4ccccc4s3)n[nH]2)cc1. The number of ether oxygens (including phenoxy) is 1. The van der Waals surface area contributed by atoms with Gasteiger partial charge in [0.15, 0.2) is 11.0 Å². The van der Waals surface area contributed by atoms with Crippen molar-refractivity contribution < 1.29 is 9.53 Å². The fraction of sp³-hybridized carbons (Fsp3) is 0.158. The number of carbonyl (C=O) groups excluding carboxylic acids is 1. The molecule has 0 bridgehead atoms. The van der Waals surface area contributed by atoms with Gasteiger partial charge in [-0.25, -0.2) is 9.97 Å². The third kappa shape index (κ3) is 4.32. The largest absolute Gasteiger partial charge is 0.494 e. The lowest BCUT2D eigenvalue weighted by Gasteiger charge is -2.02. The van der Waals surface area contributed by atoms with Crippen LogP contribution in [0.15, 0.2) is 53.7 Å². The highest BCUT2D eigenvalue weighted by molar-refractivity contribution is 7.99. The zero-order chi connectivity index (χ0) is 19.3. The summed E-state index contributed by atoms with van der Waals surface area (Å²) >= 11 is 2.72. The highest BCUT2D eigenvalue weighted by atomic mass is 32.2. The van der Waals surface area contributed by atoms with Crippen LogP contribution in [0.3, 0.4) is 0 Å². The molecule has 142 valence electrons. The minimum atomic E-state index is -0.142. The van der Waals surface area contributed by atoms with Gasteiger partial charge in [-0.3, -0.25) is 9.89 Å². The number of carbonyl (C=O) groups is 1. The molecule has 2 N–H and O–H groups in total. The molecule has 0 radical (unpaired) electrons. The maximum Gasteiger partial charge on any atom is 0.236 e. The molecule has 9 heteroatoms. The van der Waals surface area contributed by atoms with Gasteiger partial charge in [0.05, 0.1) is 22.6 Å². The summed E-state index contributed by atoms with van der Waals surface area (Å²) in [6.07, 6.45) is 0. The van der Waals surface area contributed by atoms with Crippen molar-refractivity contribution in [2.24, 2.45) is 0 Å². The van der Waals surface area contributed by atoms with Crippen LogP contribution in [0.25, 0.3) is 21.6 Å². The topological polar surface area (TPSA) is 92.8 Å². The first kappa shape index (κ1) is 18.5. The molecule has 0 saturated heterocycles. The second-order valence-electron chi connectivity index (χ2n) is 5.75. The van der Waals surface area contributed by atoms with Gasteiger partial charge in [0.2, 0.25) is 11.1 Å². The van der Waals surface area contributed by atoms with E-state index in [9.17, 15) is 4.79 Å². The van der Waals surface area contributed by atoms with Crippen LogP contribution in [0, 0.1) is 0 Å². The zero-order valence-corrected chi connectivity index (χ0v) is 16.6. The lowest BCUT2D eigenvalue weighted by Crippen LogP contribution is -2.13. The number of fused-ring (bicyclic) bond motifs is 1. The number of H-pyrrole nitrogens is 1. The highest BCUT2D eigenvalue weighted by Crippen LogP contribution is 2.26. The number of aromatic nitrogens is 4. The molecule has 0 unspecified atom stereocenters. The average molecular weight is 412 g/mol. The van der Waals surface area contributed by atoms with E-state index in [2.05, 4.69) is 25.5 Å². The maximum atomic E-state index is 12.2. The molecule has 0 atom stereocenters. The lowest BCUT2D eigenvalue weighted by atomic mass is 10.2. The Kier molecular flexibility index (Phi) is 5.54. The standard InChI is InChI=1S/C19H17N5O2S2/c1-2-26-13-9-7-12(8-10-13)17-22-19(24-23-17)27-11-16(25)21-18-20-14-5-3-4-6-15(14)28-18/h3-10H,2,11H2,1H3,(H,20,21,25)(H,22,23,24). The summed E-state index contributed by atoms with van der Waals surface area (Å²) in [5.74, 6) is 1.52. The van der Waals surface area contributed by atoms with Gasteiger partial charge in [-0.2, -0.15) is 0 Å². The Morgan fingerprint density at radius 1 is 1.18 bits per heavy atom. The summed E-state index contributed by atoms with van der Waals surface area (Å²) in [6, 6.07) is 15.4. The van der Waals surface area contributed by atoms with Crippen LogP contribution in [0.4, 0.5) is 5.13 Å². The van der Waals surface area contributed by atoms with Gasteiger partial charge in [0.25, 0.3) is 0 Å². The van der Waals surface area contributed by atoms with Crippen molar-refractivity contribution in [2.75, 3.05) is 17.7 Å². The second kappa shape index (κ2) is 8.41. The van der Waals surface area contributed by atoms with E-state index in [1.807, 2.05) is 55.5 Å². The van der Waals surface area contributed by atoms with Crippen LogP contribution in [0.2, 0.25) is 0 Å². The number of anilines is 1. The zero-order valence-electron chi connectivity index (χ0n) is 15.0. The van der Waals surface area contributed by atoms with Gasteiger partial charge in [-0.1, -0.05) is 35.2 Å². The van der Waals surface area contributed by atoms with Crippen molar-refractivity contribution in [2.45, 2.75) is 12.1 Å². The number of benzene rings is 2. The number of hydrogen-bond acceptors (Lipinski definition) is 7. The van der Waals surface area contributed by atoms with Gasteiger partial charge < -0.3 is 10.1 Å². The molecule has 4 aromatic rings. The first-order valence-corrected chi connectivity index (χ1v) is 10.5. The molecule has 2 aromatic heterocycles. The van der Waals surface area contributed by atoms with Crippen LogP contribution >= 0.6 is 23.1 Å². The molecule has 0 aliphatic carbocycles. The Morgan fingerprint density at radius 3 is 2.79 bits per heavy atom. The first-order chi connectivity index (χ1) is 13.7. The molecule has 4 rings (SSSR count). The molecular formula is C19H17N5O2S2. The van der Waals surface area contributed by atoms with E-state index in [4.69, 9.17) is 4.74 Å². The molecule has 1 amide bonds. The molecule has 2 aromatic carbocycles. The molecule has 0 aliphatic heterocycles. The second-order valence-corrected chi connectivity index (χ2v) is 7.72. The Bertz CT molecular complexity index is 1060. The summed E-state index contributed by atoms with van der Waals surface area (Å²) in [6.45, 7) is 2.57. The minimum absolute atomic E-state index is 0.142. The van der Waals surface area contributed by atoms with Crippen molar-refractivity contribution >= 4 is 44.4 Å². The van der Waals surface area contributed by atoms with E-state index >= 15 is 0 Å². The Hall–Kier alpha value is -2.91. The number of aromatic amines is 1. The molecule has 0 fully saturated rings. The van der Waals surface area contributed by atoms with Gasteiger partial charge in [0, 0.05) is 5.56 Å². The number of nitrogens with one attached hydrogen (secondary N) is 2. The van der Waals surface area contributed by atoms with E-state index in [-0.39, 0.29) is 11.7 Å². The molecule has 2 heterocycles. The molecule has 0 saturated carbocycles. The third-order valence-electron chi connectivity index (χ3n) is 3.78. The molecule has 0 spiro atoms. The Labute approximate surface area is 169 Å². The number of thiazole rings is 1. The van der Waals surface area contributed by atoms with Crippen LogP contribution in [0.1, 0.15) is 6.92 Å². The van der Waals surface area contributed by atoms with Crippen molar-refractivity contribution in [1.82, 2.24) is 20.2 Å². The monoisotopic (exact) mass is 411 g/mol. The van der Waals surface area contributed by atoms with Crippen molar-refractivity contribution in [3.8, 4) is 17.1 Å². The average Bonchev–Trinajstić information content (AvgIpc) is 3.33. The van der Waals surface area contributed by atoms with E-state index in [1.165, 1.54) is 23.1 Å². The number of rotatable bonds is 7. The number of amides is 1. The van der Waals surface area contributed by atoms with Crippen LogP contribution in [0.5, 0.6) is 5.75 Å². The van der Waals surface area contributed by atoms with Crippen molar-refractivity contribution in [1.29, 1.82) is 0 Å². The van der Waals surface area contributed by atoms with Gasteiger partial charge in [-0.15, -0.1) is 5.10 Å². The van der Waals surface area contributed by atoms with E-state index in [1.54, 1.807) is 0 Å². The Morgan fingerprint density at radius 2 is 2.00 bits per heavy atom. The molecular weight excluding hydrogens is 394 g/mol. The minimum Gasteiger partial charge on any atom is -0.494 e. The molecule has 28 heavy (non-hydrogen) atoms. The van der Waals surface area contributed by atoms with Gasteiger partial charge in [0.1, 0.15) is 5.75 Å². The van der Waals surface area contributed by atoms with E-state index in [0.717, 1.165) is 21.5 Å². The predicted molar refractivity (Wildman–Crippen MR) is 112 cm³/mol. The summed E-state index contributed by atoms with van der Waals surface area (Å²) in [7, 11) is 0. The van der Waals surface area contributed by atoms with Crippen LogP contribution < -0.4 is 10.1 Å². The van der Waals surface area contributed by atoms with Crippen molar-refractivity contribution in [3.63, 3.8) is 0 Å². The summed E-state index contributed by atoms with van der Waals surface area (Å²) in [5.41, 5.74) is 1.78. The number of nitrogens with zero attached hydrogens (tertiary/aromatic N) is 3. The van der Waals surface area contributed by atoms with Crippen LogP contribution in [-0.4, -0.2) is 38.4 Å². The fourth-order valence-corrected chi connectivity index (χ4v) is 4.01. The smallest absolute Gasteiger partial charge is 0.236 e. The van der Waals surface area contributed by atoms with E-state index in [0.29, 0.717) is 22.7 Å². The number of para-hydroxylation sites is 1.